The highest BCUT2D eigenvalue weighted by molar-refractivity contribution is 5.96. The summed E-state index contributed by atoms with van der Waals surface area (Å²) in [6.45, 7) is 1.74. The van der Waals surface area contributed by atoms with Crippen LogP contribution in [0.1, 0.15) is 43.5 Å². The van der Waals surface area contributed by atoms with Crippen molar-refractivity contribution in [1.29, 1.82) is 5.26 Å². The van der Waals surface area contributed by atoms with E-state index in [1.165, 1.54) is 18.9 Å². The summed E-state index contributed by atoms with van der Waals surface area (Å²) in [5.41, 5.74) is 1.43. The van der Waals surface area contributed by atoms with Gasteiger partial charge in [0.1, 0.15) is 11.8 Å². The number of hydrogen-bond acceptors (Lipinski definition) is 7. The van der Waals surface area contributed by atoms with Gasteiger partial charge in [0.05, 0.1) is 25.4 Å². The number of benzene rings is 1. The van der Waals surface area contributed by atoms with Gasteiger partial charge in [0.25, 0.3) is 0 Å². The van der Waals surface area contributed by atoms with Gasteiger partial charge in [0.15, 0.2) is 0 Å². The fourth-order valence-electron chi connectivity index (χ4n) is 5.73. The molecule has 2 aliphatic rings. The van der Waals surface area contributed by atoms with E-state index in [0.29, 0.717) is 25.4 Å². The highest BCUT2D eigenvalue weighted by Gasteiger charge is 2.55. The Bertz CT molecular complexity index is 1080. The molecule has 0 atom stereocenters. The number of hydrogen-bond donors (Lipinski definition) is 0. The minimum atomic E-state index is -0.308. The normalized spacial score (nSPS) is 24.3. The van der Waals surface area contributed by atoms with Crippen LogP contribution in [0.2, 0.25) is 0 Å². The molecule has 0 N–H and O–H groups in total. The first kappa shape index (κ1) is 24.9. The van der Waals surface area contributed by atoms with E-state index in [2.05, 4.69) is 59.3 Å². The number of rotatable bonds is 8. The number of nitriles is 1. The van der Waals surface area contributed by atoms with Crippen LogP contribution < -0.4 is 9.64 Å². The van der Waals surface area contributed by atoms with Gasteiger partial charge in [0.2, 0.25) is 11.7 Å². The van der Waals surface area contributed by atoms with Gasteiger partial charge in [-0.3, -0.25) is 9.80 Å². The van der Waals surface area contributed by atoms with Crippen molar-refractivity contribution >= 4 is 11.7 Å². The van der Waals surface area contributed by atoms with Gasteiger partial charge in [-0.05, 0) is 51.8 Å². The molecule has 2 aromatic rings. The number of carbonyl (C=O) groups is 1. The van der Waals surface area contributed by atoms with Gasteiger partial charge in [-0.25, -0.2) is 9.78 Å². The summed E-state index contributed by atoms with van der Waals surface area (Å²) < 4.78 is 10.7. The molecular weight excluding hydrogens is 444 g/mol. The topological polar surface area (TPSA) is 94.8 Å². The quantitative estimate of drug-likeness (QED) is 0.537. The van der Waals surface area contributed by atoms with Crippen LogP contribution in [-0.4, -0.2) is 79.3 Å². The summed E-state index contributed by atoms with van der Waals surface area (Å²) in [5, 5.41) is 9.18. The molecular formula is C26H34N6O3. The SMILES string of the molecule is COCCCN1C(=O)N(c2cnc(C#N)nc2OC)CC12CCC(c1ccccc1)(N(C)C)CC2. The molecule has 1 aromatic carbocycles. The lowest BCUT2D eigenvalue weighted by Crippen LogP contribution is -2.55. The summed E-state index contributed by atoms with van der Waals surface area (Å²) >= 11 is 0. The monoisotopic (exact) mass is 478 g/mol. The molecule has 0 bridgehead atoms. The Kier molecular flexibility index (Phi) is 7.24. The molecule has 9 nitrogen and oxygen atoms in total. The zero-order valence-electron chi connectivity index (χ0n) is 21.0. The summed E-state index contributed by atoms with van der Waals surface area (Å²) in [6, 6.07) is 12.5. The highest BCUT2D eigenvalue weighted by Crippen LogP contribution is 2.50. The lowest BCUT2D eigenvalue weighted by atomic mass is 9.68. The second-order valence-electron chi connectivity index (χ2n) is 9.58. The molecule has 35 heavy (non-hydrogen) atoms. The van der Waals surface area contributed by atoms with Crippen molar-refractivity contribution in [2.45, 2.75) is 43.2 Å². The Labute approximate surface area is 207 Å². The van der Waals surface area contributed by atoms with Gasteiger partial charge >= 0.3 is 6.03 Å². The van der Waals surface area contributed by atoms with Gasteiger partial charge in [-0.2, -0.15) is 10.2 Å². The summed E-state index contributed by atoms with van der Waals surface area (Å²) in [5.74, 6) is 0.252. The molecule has 186 valence electrons. The first-order chi connectivity index (χ1) is 16.9. The number of anilines is 1. The Balaban J connectivity index is 1.67. The molecule has 1 aromatic heterocycles. The predicted octanol–water partition coefficient (Wildman–Crippen LogP) is 3.41. The molecule has 9 heteroatoms. The first-order valence-electron chi connectivity index (χ1n) is 12.0. The number of aromatic nitrogens is 2. The Morgan fingerprint density at radius 1 is 1.14 bits per heavy atom. The van der Waals surface area contributed by atoms with E-state index in [-0.39, 0.29) is 28.8 Å². The lowest BCUT2D eigenvalue weighted by molar-refractivity contribution is 0.0240. The molecule has 0 unspecified atom stereocenters. The lowest BCUT2D eigenvalue weighted by Gasteiger charge is -2.51. The van der Waals surface area contributed by atoms with E-state index in [1.807, 2.05) is 11.0 Å². The zero-order valence-corrected chi connectivity index (χ0v) is 21.0. The van der Waals surface area contributed by atoms with Crippen LogP contribution in [0.3, 0.4) is 0 Å². The third-order valence-electron chi connectivity index (χ3n) is 7.71. The largest absolute Gasteiger partial charge is 0.479 e. The Hall–Kier alpha value is -3.22. The molecule has 1 aliphatic heterocycles. The number of methoxy groups -OCH3 is 2. The van der Waals surface area contributed by atoms with Crippen LogP contribution in [0.25, 0.3) is 0 Å². The molecule has 4 rings (SSSR count). The average Bonchev–Trinajstić information content (AvgIpc) is 3.15. The van der Waals surface area contributed by atoms with Crippen LogP contribution in [0, 0.1) is 11.3 Å². The maximum absolute atomic E-state index is 13.8. The van der Waals surface area contributed by atoms with Crippen molar-refractivity contribution in [1.82, 2.24) is 19.8 Å². The van der Waals surface area contributed by atoms with E-state index in [9.17, 15) is 10.1 Å². The van der Waals surface area contributed by atoms with Gasteiger partial charge in [-0.1, -0.05) is 30.3 Å². The molecule has 1 saturated carbocycles. The third kappa shape index (κ3) is 4.44. The fraction of sp³-hybridized carbons (Fsp3) is 0.538. The standard InChI is InChI=1S/C26H34N6O3/c1-30(2)26(20-9-6-5-7-10-20)13-11-25(12-14-26)19-31(24(33)32(25)15-8-16-34-3)21-18-28-22(17-27)29-23(21)35-4/h5-7,9-10,18H,8,11-16,19H2,1-4H3. The minimum Gasteiger partial charge on any atom is -0.479 e. The van der Waals surface area contributed by atoms with Crippen molar-refractivity contribution in [2.24, 2.45) is 0 Å². The average molecular weight is 479 g/mol. The minimum absolute atomic E-state index is 0.0141. The van der Waals surface area contributed by atoms with Gasteiger partial charge in [-0.15, -0.1) is 0 Å². The molecule has 1 aliphatic carbocycles. The third-order valence-corrected chi connectivity index (χ3v) is 7.71. The van der Waals surface area contributed by atoms with E-state index in [0.717, 1.165) is 32.1 Å². The second-order valence-corrected chi connectivity index (χ2v) is 9.58. The van der Waals surface area contributed by atoms with Gasteiger partial charge < -0.3 is 14.4 Å². The smallest absolute Gasteiger partial charge is 0.325 e. The Morgan fingerprint density at radius 2 is 1.86 bits per heavy atom. The summed E-state index contributed by atoms with van der Waals surface area (Å²) in [7, 11) is 7.46. The first-order valence-corrected chi connectivity index (χ1v) is 12.0. The number of amides is 2. The van der Waals surface area contributed by atoms with Crippen LogP contribution in [0.5, 0.6) is 5.88 Å². The maximum Gasteiger partial charge on any atom is 0.325 e. The van der Waals surface area contributed by atoms with Gasteiger partial charge in [0, 0.05) is 25.8 Å². The number of urea groups is 1. The zero-order chi connectivity index (χ0) is 25.1. The molecule has 2 amide bonds. The number of carbonyl (C=O) groups excluding carboxylic acids is 1. The molecule has 1 spiro atoms. The second kappa shape index (κ2) is 10.2. The van der Waals surface area contributed by atoms with Crippen molar-refractivity contribution in [2.75, 3.05) is 52.9 Å². The van der Waals surface area contributed by atoms with E-state index in [1.54, 1.807) is 12.0 Å². The number of ether oxygens (including phenoxy) is 2. The molecule has 0 radical (unpaired) electrons. The van der Waals surface area contributed by atoms with Crippen molar-refractivity contribution < 1.29 is 14.3 Å². The summed E-state index contributed by atoms with van der Waals surface area (Å²) in [6.07, 6.45) is 5.89. The molecule has 2 heterocycles. The summed E-state index contributed by atoms with van der Waals surface area (Å²) in [4.78, 5) is 28.1. The van der Waals surface area contributed by atoms with Crippen molar-refractivity contribution in [3.63, 3.8) is 0 Å². The van der Waals surface area contributed by atoms with E-state index < -0.39 is 0 Å². The van der Waals surface area contributed by atoms with E-state index in [4.69, 9.17) is 9.47 Å². The van der Waals surface area contributed by atoms with Crippen LogP contribution in [0.15, 0.2) is 36.5 Å². The maximum atomic E-state index is 13.8. The molecule has 2 fully saturated rings. The number of nitrogens with zero attached hydrogens (tertiary/aromatic N) is 6. The molecule has 1 saturated heterocycles. The predicted molar refractivity (Wildman–Crippen MR) is 132 cm³/mol. The fourth-order valence-corrected chi connectivity index (χ4v) is 5.73. The van der Waals surface area contributed by atoms with Crippen LogP contribution >= 0.6 is 0 Å². The van der Waals surface area contributed by atoms with Crippen molar-refractivity contribution in [3.05, 3.63) is 47.9 Å². The van der Waals surface area contributed by atoms with Crippen LogP contribution in [-0.2, 0) is 10.3 Å². The Morgan fingerprint density at radius 3 is 2.46 bits per heavy atom. The highest BCUT2D eigenvalue weighted by atomic mass is 16.5. The van der Waals surface area contributed by atoms with E-state index >= 15 is 0 Å². The van der Waals surface area contributed by atoms with Crippen molar-refractivity contribution in [3.8, 4) is 11.9 Å². The van der Waals surface area contributed by atoms with Crippen LogP contribution in [0.4, 0.5) is 10.5 Å².